The zero-order valence-corrected chi connectivity index (χ0v) is 17.6. The number of hydrogen-bond donors (Lipinski definition) is 1. The second kappa shape index (κ2) is 7.05. The summed E-state index contributed by atoms with van der Waals surface area (Å²) in [5.74, 6) is 1.71. The van der Waals surface area contributed by atoms with Crippen LogP contribution in [0.2, 0.25) is 0 Å². The van der Waals surface area contributed by atoms with Crippen LogP contribution < -0.4 is 14.7 Å². The van der Waals surface area contributed by atoms with Crippen molar-refractivity contribution < 1.29 is 9.50 Å². The van der Waals surface area contributed by atoms with Crippen LogP contribution in [0.25, 0.3) is 17.0 Å². The molecule has 2 aromatic heterocycles. The van der Waals surface area contributed by atoms with Gasteiger partial charge < -0.3 is 19.8 Å². The van der Waals surface area contributed by atoms with Gasteiger partial charge >= 0.3 is 0 Å². The number of aromatic nitrogens is 4. The number of nitrogens with zero attached hydrogens (tertiary/aromatic N) is 7. The van der Waals surface area contributed by atoms with Crippen LogP contribution in [0.1, 0.15) is 38.5 Å². The molecule has 0 radical (unpaired) electrons. The molecule has 0 amide bonds. The molecule has 4 heterocycles. The average Bonchev–Trinajstić information content (AvgIpc) is 3.26. The second-order valence-corrected chi connectivity index (χ2v) is 8.76. The molecule has 1 N–H and O–H groups in total. The first-order chi connectivity index (χ1) is 15.1. The van der Waals surface area contributed by atoms with Crippen LogP contribution in [0.15, 0.2) is 24.5 Å². The number of aliphatic hydroxyl groups is 1. The highest BCUT2D eigenvalue weighted by molar-refractivity contribution is 5.85. The molecule has 1 unspecified atom stereocenters. The minimum absolute atomic E-state index is 0.247. The van der Waals surface area contributed by atoms with E-state index in [9.17, 15) is 9.50 Å². The lowest BCUT2D eigenvalue weighted by Crippen LogP contribution is -2.48. The third kappa shape index (κ3) is 2.86. The van der Waals surface area contributed by atoms with Crippen molar-refractivity contribution in [2.75, 3.05) is 34.8 Å². The Bertz CT molecular complexity index is 1140. The van der Waals surface area contributed by atoms with Crippen LogP contribution in [-0.4, -0.2) is 57.2 Å². The zero-order valence-electron chi connectivity index (χ0n) is 17.6. The largest absolute Gasteiger partial charge is 0.356 e. The molecule has 0 bridgehead atoms. The fraction of sp³-hybridized carbons (Fsp3) is 0.500. The molecule has 1 saturated carbocycles. The molecular weight excluding hydrogens is 397 g/mol. The van der Waals surface area contributed by atoms with Crippen molar-refractivity contribution in [2.45, 2.75) is 50.9 Å². The van der Waals surface area contributed by atoms with Crippen molar-refractivity contribution in [1.29, 1.82) is 0 Å². The number of fused-ring (bicyclic) bond motifs is 2. The fourth-order valence-electron chi connectivity index (χ4n) is 5.04. The molecule has 1 aromatic carbocycles. The molecule has 2 fully saturated rings. The summed E-state index contributed by atoms with van der Waals surface area (Å²) in [7, 11) is 1.90. The van der Waals surface area contributed by atoms with Gasteiger partial charge in [-0.15, -0.1) is 0 Å². The van der Waals surface area contributed by atoms with E-state index in [-0.39, 0.29) is 11.9 Å². The molecule has 2 aliphatic heterocycles. The third-order valence-electron chi connectivity index (χ3n) is 6.88. The Labute approximate surface area is 179 Å². The van der Waals surface area contributed by atoms with Gasteiger partial charge in [0.1, 0.15) is 17.8 Å². The Morgan fingerprint density at radius 2 is 1.81 bits per heavy atom. The molecule has 31 heavy (non-hydrogen) atoms. The van der Waals surface area contributed by atoms with Crippen molar-refractivity contribution in [3.05, 3.63) is 30.3 Å². The average molecular weight is 423 g/mol. The molecule has 8 nitrogen and oxygen atoms in total. The molecule has 0 spiro atoms. The van der Waals surface area contributed by atoms with E-state index in [2.05, 4.69) is 14.8 Å². The molecule has 1 atom stereocenters. The molecular formula is C22H26FN7O. The Kier molecular flexibility index (Phi) is 4.27. The fourth-order valence-corrected chi connectivity index (χ4v) is 5.04. The van der Waals surface area contributed by atoms with E-state index in [1.54, 1.807) is 17.0 Å². The minimum Gasteiger partial charge on any atom is -0.356 e. The molecule has 3 aromatic rings. The highest BCUT2D eigenvalue weighted by Crippen LogP contribution is 2.46. The van der Waals surface area contributed by atoms with Gasteiger partial charge in [-0.1, -0.05) is 19.3 Å². The van der Waals surface area contributed by atoms with Gasteiger partial charge in [-0.25, -0.2) is 9.37 Å². The maximum absolute atomic E-state index is 14.0. The molecule has 1 aliphatic carbocycles. The van der Waals surface area contributed by atoms with Crippen molar-refractivity contribution >= 4 is 28.4 Å². The monoisotopic (exact) mass is 423 g/mol. The van der Waals surface area contributed by atoms with Crippen LogP contribution in [0.3, 0.4) is 0 Å². The second-order valence-electron chi connectivity index (χ2n) is 8.76. The molecule has 9 heteroatoms. The standard InChI is InChI=1S/C22H26FN7O/c1-27-18-19(28-10-5-11-28)25-21(29-13-24-16-9-8-14(23)12-17(16)29)26-20(18)30(22(27)31)15-6-3-2-4-7-15/h8-9,12-13,15,22,31H,2-7,10-11H2,1H3. The minimum atomic E-state index is -0.764. The van der Waals surface area contributed by atoms with E-state index in [0.29, 0.717) is 17.0 Å². The Morgan fingerprint density at radius 1 is 1.03 bits per heavy atom. The highest BCUT2D eigenvalue weighted by Gasteiger charge is 2.42. The zero-order chi connectivity index (χ0) is 21.1. The first-order valence-electron chi connectivity index (χ1n) is 11.1. The molecule has 6 rings (SSSR count). The summed E-state index contributed by atoms with van der Waals surface area (Å²) in [6, 6.07) is 4.78. The Hall–Kier alpha value is -2.94. The summed E-state index contributed by atoms with van der Waals surface area (Å²) < 4.78 is 15.7. The third-order valence-corrected chi connectivity index (χ3v) is 6.88. The highest BCUT2D eigenvalue weighted by atomic mass is 19.1. The van der Waals surface area contributed by atoms with Gasteiger partial charge in [-0.2, -0.15) is 9.97 Å². The SMILES string of the molecule is CN1c2c(N3CCC3)nc(-n3cnc4ccc(F)cc43)nc2N(C2CCCCC2)C1O. The summed E-state index contributed by atoms with van der Waals surface area (Å²) in [4.78, 5) is 20.4. The first-order valence-corrected chi connectivity index (χ1v) is 11.1. The van der Waals surface area contributed by atoms with Gasteiger partial charge in [0, 0.05) is 32.2 Å². The number of imidazole rings is 1. The van der Waals surface area contributed by atoms with Crippen LogP contribution >= 0.6 is 0 Å². The predicted molar refractivity (Wildman–Crippen MR) is 117 cm³/mol. The summed E-state index contributed by atoms with van der Waals surface area (Å²) in [6.45, 7) is 1.85. The summed E-state index contributed by atoms with van der Waals surface area (Å²) in [5, 5.41) is 11.2. The predicted octanol–water partition coefficient (Wildman–Crippen LogP) is 3.03. The van der Waals surface area contributed by atoms with Gasteiger partial charge in [0.15, 0.2) is 11.6 Å². The normalized spacial score (nSPS) is 21.6. The quantitative estimate of drug-likeness (QED) is 0.694. The van der Waals surface area contributed by atoms with Crippen molar-refractivity contribution in [2.24, 2.45) is 0 Å². The van der Waals surface area contributed by atoms with Crippen LogP contribution in [0.5, 0.6) is 0 Å². The van der Waals surface area contributed by atoms with Crippen molar-refractivity contribution in [3.63, 3.8) is 0 Å². The van der Waals surface area contributed by atoms with Crippen LogP contribution in [0, 0.1) is 5.82 Å². The Morgan fingerprint density at radius 3 is 2.55 bits per heavy atom. The number of aliphatic hydroxyl groups excluding tert-OH is 1. The van der Waals surface area contributed by atoms with E-state index < -0.39 is 6.35 Å². The molecule has 162 valence electrons. The number of rotatable bonds is 3. The van der Waals surface area contributed by atoms with E-state index in [0.717, 1.165) is 62.5 Å². The maximum Gasteiger partial charge on any atom is 0.239 e. The summed E-state index contributed by atoms with van der Waals surface area (Å²) in [6.07, 6.45) is 7.65. The molecule has 3 aliphatic rings. The van der Waals surface area contributed by atoms with E-state index >= 15 is 0 Å². The summed E-state index contributed by atoms with van der Waals surface area (Å²) >= 11 is 0. The van der Waals surface area contributed by atoms with Crippen LogP contribution in [0.4, 0.5) is 21.7 Å². The smallest absolute Gasteiger partial charge is 0.239 e. The lowest BCUT2D eigenvalue weighted by molar-refractivity contribution is 0.158. The lowest BCUT2D eigenvalue weighted by Gasteiger charge is -2.35. The van der Waals surface area contributed by atoms with Gasteiger partial charge in [0.2, 0.25) is 12.3 Å². The number of anilines is 3. The number of benzene rings is 1. The van der Waals surface area contributed by atoms with Crippen molar-refractivity contribution in [1.82, 2.24) is 19.5 Å². The first kappa shape index (κ1) is 18.8. The lowest BCUT2D eigenvalue weighted by atomic mass is 9.94. The number of halogens is 1. The van der Waals surface area contributed by atoms with E-state index in [4.69, 9.17) is 9.97 Å². The topological polar surface area (TPSA) is 73.5 Å². The van der Waals surface area contributed by atoms with Gasteiger partial charge in [-0.05, 0) is 31.4 Å². The summed E-state index contributed by atoms with van der Waals surface area (Å²) in [5.41, 5.74) is 2.19. The van der Waals surface area contributed by atoms with Gasteiger partial charge in [0.25, 0.3) is 0 Å². The Balaban J connectivity index is 1.54. The van der Waals surface area contributed by atoms with Crippen molar-refractivity contribution in [3.8, 4) is 5.95 Å². The maximum atomic E-state index is 14.0. The van der Waals surface area contributed by atoms with E-state index in [1.165, 1.54) is 18.6 Å². The van der Waals surface area contributed by atoms with Crippen LogP contribution in [-0.2, 0) is 0 Å². The van der Waals surface area contributed by atoms with E-state index in [1.807, 2.05) is 11.9 Å². The molecule has 1 saturated heterocycles. The van der Waals surface area contributed by atoms with Gasteiger partial charge in [0.05, 0.1) is 11.0 Å². The van der Waals surface area contributed by atoms with Gasteiger partial charge in [-0.3, -0.25) is 4.57 Å². The number of hydrogen-bond acceptors (Lipinski definition) is 7.